The quantitative estimate of drug-likeness (QED) is 0.865. The molecular weight excluding hydrogens is 305 g/mol. The summed E-state index contributed by atoms with van der Waals surface area (Å²) in [6, 6.07) is 4.22. The average Bonchev–Trinajstić information content (AvgIpc) is 3.37. The van der Waals surface area contributed by atoms with Crippen molar-refractivity contribution in [2.24, 2.45) is 11.8 Å². The Bertz CT molecular complexity index is 804. The van der Waals surface area contributed by atoms with Crippen LogP contribution in [0.3, 0.4) is 0 Å². The summed E-state index contributed by atoms with van der Waals surface area (Å²) in [5, 5.41) is 0.508. The molecule has 1 aromatic carbocycles. The highest BCUT2D eigenvalue weighted by atomic mass is 19.1. The van der Waals surface area contributed by atoms with Crippen molar-refractivity contribution in [2.75, 3.05) is 19.6 Å². The van der Waals surface area contributed by atoms with Crippen LogP contribution in [0.5, 0.6) is 0 Å². The lowest BCUT2D eigenvalue weighted by molar-refractivity contribution is 0.167. The van der Waals surface area contributed by atoms with Crippen molar-refractivity contribution in [1.29, 1.82) is 0 Å². The molecule has 0 N–H and O–H groups in total. The average molecular weight is 329 g/mol. The van der Waals surface area contributed by atoms with Gasteiger partial charge in [-0.3, -0.25) is 9.36 Å². The Morgan fingerprint density at radius 3 is 2.54 bits per heavy atom. The Hall–Kier alpha value is -1.75. The predicted octanol–water partition coefficient (Wildman–Crippen LogP) is 2.97. The van der Waals surface area contributed by atoms with E-state index in [-0.39, 0.29) is 11.4 Å². The highest BCUT2D eigenvalue weighted by Crippen LogP contribution is 2.31. The van der Waals surface area contributed by atoms with Gasteiger partial charge in [0.1, 0.15) is 11.6 Å². The summed E-state index contributed by atoms with van der Waals surface area (Å²) in [7, 11) is 0. The second-order valence-corrected chi connectivity index (χ2v) is 7.42. The number of rotatable bonds is 4. The first-order chi connectivity index (χ1) is 11.6. The molecule has 0 bridgehead atoms. The van der Waals surface area contributed by atoms with Crippen molar-refractivity contribution in [3.8, 4) is 0 Å². The van der Waals surface area contributed by atoms with Crippen LogP contribution < -0.4 is 5.56 Å². The molecule has 2 aromatic rings. The van der Waals surface area contributed by atoms with Gasteiger partial charge in [-0.05, 0) is 69.7 Å². The van der Waals surface area contributed by atoms with E-state index in [1.165, 1.54) is 31.5 Å². The van der Waals surface area contributed by atoms with Gasteiger partial charge in [-0.15, -0.1) is 0 Å². The zero-order chi connectivity index (χ0) is 16.7. The van der Waals surface area contributed by atoms with Gasteiger partial charge < -0.3 is 4.90 Å². The van der Waals surface area contributed by atoms with E-state index < -0.39 is 0 Å². The third-order valence-corrected chi connectivity index (χ3v) is 5.47. The van der Waals surface area contributed by atoms with Crippen molar-refractivity contribution in [3.05, 3.63) is 40.2 Å². The van der Waals surface area contributed by atoms with Gasteiger partial charge >= 0.3 is 0 Å². The molecule has 0 radical (unpaired) electrons. The molecule has 1 aliphatic heterocycles. The third-order valence-electron chi connectivity index (χ3n) is 5.47. The highest BCUT2D eigenvalue weighted by Gasteiger charge is 2.27. The van der Waals surface area contributed by atoms with Crippen molar-refractivity contribution in [1.82, 2.24) is 14.5 Å². The molecular formula is C19H24FN3O. The Balaban J connectivity index is 1.50. The minimum Gasteiger partial charge on any atom is -0.303 e. The summed E-state index contributed by atoms with van der Waals surface area (Å²) < 4.78 is 15.1. The number of likely N-dealkylation sites (tertiary alicyclic amines) is 1. The molecule has 2 fully saturated rings. The van der Waals surface area contributed by atoms with Gasteiger partial charge in [0.25, 0.3) is 5.56 Å². The summed E-state index contributed by atoms with van der Waals surface area (Å²) in [4.78, 5) is 19.8. The maximum absolute atomic E-state index is 13.4. The fraction of sp³-hybridized carbons (Fsp3) is 0.579. The molecule has 1 aliphatic carbocycles. The number of benzene rings is 1. The van der Waals surface area contributed by atoms with Crippen molar-refractivity contribution in [3.63, 3.8) is 0 Å². The number of hydrogen-bond donors (Lipinski definition) is 0. The Kier molecular flexibility index (Phi) is 4.12. The summed E-state index contributed by atoms with van der Waals surface area (Å²) >= 11 is 0. The van der Waals surface area contributed by atoms with Crippen molar-refractivity contribution >= 4 is 10.9 Å². The lowest BCUT2D eigenvalue weighted by atomic mass is 9.96. The molecule has 1 aromatic heterocycles. The zero-order valence-corrected chi connectivity index (χ0v) is 14.2. The van der Waals surface area contributed by atoms with Gasteiger partial charge in [0.15, 0.2) is 0 Å². The van der Waals surface area contributed by atoms with Gasteiger partial charge in [-0.1, -0.05) is 0 Å². The first-order valence-corrected chi connectivity index (χ1v) is 8.99. The van der Waals surface area contributed by atoms with E-state index in [0.29, 0.717) is 22.6 Å². The lowest BCUT2D eigenvalue weighted by Gasteiger charge is -2.32. The topological polar surface area (TPSA) is 38.1 Å². The van der Waals surface area contributed by atoms with Gasteiger partial charge in [0.2, 0.25) is 0 Å². The molecule has 2 aliphatic rings. The van der Waals surface area contributed by atoms with Gasteiger partial charge in [0.05, 0.1) is 10.9 Å². The molecule has 4 nitrogen and oxygen atoms in total. The normalized spacial score (nSPS) is 19.9. The molecule has 4 rings (SSSR count). The number of aromatic nitrogens is 2. The minimum atomic E-state index is -0.352. The first kappa shape index (κ1) is 15.8. The smallest absolute Gasteiger partial charge is 0.261 e. The van der Waals surface area contributed by atoms with E-state index in [1.807, 2.05) is 6.92 Å². The second-order valence-electron chi connectivity index (χ2n) is 7.42. The Morgan fingerprint density at radius 1 is 1.12 bits per heavy atom. The number of halogens is 1. The van der Waals surface area contributed by atoms with Crippen LogP contribution in [0.25, 0.3) is 10.9 Å². The molecule has 24 heavy (non-hydrogen) atoms. The van der Waals surface area contributed by atoms with Gasteiger partial charge in [-0.25, -0.2) is 9.37 Å². The van der Waals surface area contributed by atoms with E-state index in [4.69, 9.17) is 0 Å². The molecule has 1 saturated carbocycles. The molecule has 0 spiro atoms. The van der Waals surface area contributed by atoms with E-state index >= 15 is 0 Å². The molecule has 2 heterocycles. The van der Waals surface area contributed by atoms with E-state index in [2.05, 4.69) is 9.88 Å². The maximum atomic E-state index is 13.4. The maximum Gasteiger partial charge on any atom is 0.261 e. The summed E-state index contributed by atoms with van der Waals surface area (Å²) in [6.07, 6.45) is 5.08. The molecule has 128 valence electrons. The number of fused-ring (bicyclic) bond motifs is 1. The molecule has 0 amide bonds. The highest BCUT2D eigenvalue weighted by molar-refractivity contribution is 5.77. The lowest BCUT2D eigenvalue weighted by Crippen LogP contribution is -2.37. The Labute approximate surface area is 141 Å². The minimum absolute atomic E-state index is 0.0436. The van der Waals surface area contributed by atoms with Crippen LogP contribution in [0.1, 0.15) is 31.5 Å². The van der Waals surface area contributed by atoms with Gasteiger partial charge in [0, 0.05) is 19.2 Å². The molecule has 5 heteroatoms. The van der Waals surface area contributed by atoms with Crippen LogP contribution in [-0.2, 0) is 6.54 Å². The largest absolute Gasteiger partial charge is 0.303 e. The van der Waals surface area contributed by atoms with E-state index in [1.54, 1.807) is 10.6 Å². The predicted molar refractivity (Wildman–Crippen MR) is 92.6 cm³/mol. The van der Waals surface area contributed by atoms with Crippen LogP contribution >= 0.6 is 0 Å². The van der Waals surface area contributed by atoms with Crippen molar-refractivity contribution < 1.29 is 4.39 Å². The number of hydrogen-bond acceptors (Lipinski definition) is 3. The number of piperidine rings is 1. The first-order valence-electron chi connectivity index (χ1n) is 8.99. The summed E-state index contributed by atoms with van der Waals surface area (Å²) in [5.41, 5.74) is 0.408. The fourth-order valence-corrected chi connectivity index (χ4v) is 3.80. The number of aryl methyl sites for hydroxylation is 1. The molecule has 1 saturated heterocycles. The molecule has 0 unspecified atom stereocenters. The third kappa shape index (κ3) is 3.22. The summed E-state index contributed by atoms with van der Waals surface area (Å²) in [5.74, 6) is 1.79. The monoisotopic (exact) mass is 329 g/mol. The van der Waals surface area contributed by atoms with Crippen LogP contribution in [-0.4, -0.2) is 34.1 Å². The SMILES string of the molecule is Cc1nc2cc(F)ccc2c(=O)n1CC1CCN(CC2CC2)CC1. The summed E-state index contributed by atoms with van der Waals surface area (Å²) in [6.45, 7) is 6.10. The van der Waals surface area contributed by atoms with Crippen LogP contribution in [0.2, 0.25) is 0 Å². The molecule has 0 atom stereocenters. The van der Waals surface area contributed by atoms with Crippen LogP contribution in [0.15, 0.2) is 23.0 Å². The Morgan fingerprint density at radius 2 is 1.83 bits per heavy atom. The van der Waals surface area contributed by atoms with Crippen molar-refractivity contribution in [2.45, 2.75) is 39.2 Å². The van der Waals surface area contributed by atoms with E-state index in [0.717, 1.165) is 38.4 Å². The number of nitrogens with zero attached hydrogens (tertiary/aromatic N) is 3. The standard InChI is InChI=1S/C19H24FN3O/c1-13-21-18-10-16(20)4-5-17(18)19(24)23(13)12-15-6-8-22(9-7-15)11-14-2-3-14/h4-5,10,14-15H,2-3,6-9,11-12H2,1H3. The van der Waals surface area contributed by atoms with Crippen LogP contribution in [0.4, 0.5) is 4.39 Å². The van der Waals surface area contributed by atoms with Crippen LogP contribution in [0, 0.1) is 24.6 Å². The van der Waals surface area contributed by atoms with Gasteiger partial charge in [-0.2, -0.15) is 0 Å². The van der Waals surface area contributed by atoms with E-state index in [9.17, 15) is 9.18 Å². The second kappa shape index (κ2) is 6.28. The zero-order valence-electron chi connectivity index (χ0n) is 14.2. The fourth-order valence-electron chi connectivity index (χ4n) is 3.80.